The summed E-state index contributed by atoms with van der Waals surface area (Å²) in [6.45, 7) is 3.44. The van der Waals surface area contributed by atoms with Gasteiger partial charge in [0.15, 0.2) is 22.8 Å². The molecule has 0 aliphatic carbocycles. The van der Waals surface area contributed by atoms with Gasteiger partial charge in [-0.2, -0.15) is 0 Å². The van der Waals surface area contributed by atoms with Crippen LogP contribution >= 0.6 is 0 Å². The summed E-state index contributed by atoms with van der Waals surface area (Å²) in [5.41, 5.74) is 4.87. The summed E-state index contributed by atoms with van der Waals surface area (Å²) in [6.07, 6.45) is 7.42. The molecule has 37 heavy (non-hydrogen) atoms. The smallest absolute Gasteiger partial charge is 0.243 e. The van der Waals surface area contributed by atoms with Gasteiger partial charge < -0.3 is 24.1 Å². The molecule has 1 aliphatic heterocycles. The molecule has 0 atom stereocenters. The minimum atomic E-state index is -0.356. The first kappa shape index (κ1) is 26.3. The van der Waals surface area contributed by atoms with Crippen LogP contribution in [-0.2, 0) is 22.5 Å². The van der Waals surface area contributed by atoms with Gasteiger partial charge >= 0.3 is 0 Å². The lowest BCUT2D eigenvalue weighted by atomic mass is 10.1. The number of morpholine rings is 1. The van der Waals surface area contributed by atoms with E-state index in [0.717, 1.165) is 73.4 Å². The van der Waals surface area contributed by atoms with Crippen LogP contribution in [0.25, 0.3) is 22.6 Å². The number of hydroxylamine groups is 1. The quantitative estimate of drug-likeness (QED) is 0.110. The van der Waals surface area contributed by atoms with Crippen LogP contribution in [0.3, 0.4) is 0 Å². The minimum absolute atomic E-state index is 0.317. The highest BCUT2D eigenvalue weighted by atomic mass is 16.5. The number of rotatable bonds is 12. The minimum Gasteiger partial charge on any atom is -0.496 e. The van der Waals surface area contributed by atoms with Gasteiger partial charge in [-0.1, -0.05) is 12.8 Å². The molecule has 1 fully saturated rings. The van der Waals surface area contributed by atoms with Crippen LogP contribution in [0.4, 0.5) is 5.82 Å². The number of amides is 1. The van der Waals surface area contributed by atoms with Crippen LogP contribution in [0.1, 0.15) is 37.7 Å². The molecule has 1 amide bonds. The second kappa shape index (κ2) is 13.0. The lowest BCUT2D eigenvalue weighted by Crippen LogP contribution is -2.37. The highest BCUT2D eigenvalue weighted by molar-refractivity contribution is 5.86. The number of hydrogen-bond donors (Lipinski definition) is 3. The SMILES string of the molecule is COc1ccc(-c2nc(N3CCOCC3)c3ncn(CCCCCCC(=O)NO)c3n2)cc1CC=NO. The fourth-order valence-electron chi connectivity index (χ4n) is 4.41. The van der Waals surface area contributed by atoms with Gasteiger partial charge in [0.25, 0.3) is 0 Å². The second-order valence-electron chi connectivity index (χ2n) is 8.81. The number of oxime groups is 1. The molecule has 1 aromatic carbocycles. The molecule has 0 unspecified atom stereocenters. The number of nitrogens with zero attached hydrogens (tertiary/aromatic N) is 6. The molecular formula is C25H33N7O5. The Morgan fingerprint density at radius 1 is 1.22 bits per heavy atom. The van der Waals surface area contributed by atoms with Gasteiger partial charge in [0.05, 0.1) is 26.7 Å². The van der Waals surface area contributed by atoms with E-state index < -0.39 is 0 Å². The standard InChI is InChI=1S/C25H33N7O5/c1-36-20-8-7-19(16-18(20)9-10-27-34)23-28-24(31-12-14-37-15-13-31)22-25(29-23)32(17-26-22)11-5-3-2-4-6-21(33)30-35/h7-8,10,16-17,34-35H,2-6,9,11-15H2,1H3,(H,30,33). The van der Waals surface area contributed by atoms with E-state index in [1.54, 1.807) is 12.6 Å². The van der Waals surface area contributed by atoms with Crippen molar-refractivity contribution < 1.29 is 24.7 Å². The van der Waals surface area contributed by atoms with Gasteiger partial charge in [-0.3, -0.25) is 10.0 Å². The van der Waals surface area contributed by atoms with Crippen molar-refractivity contribution in [1.29, 1.82) is 0 Å². The number of benzene rings is 1. The zero-order chi connectivity index (χ0) is 26.0. The van der Waals surface area contributed by atoms with E-state index in [-0.39, 0.29) is 5.91 Å². The van der Waals surface area contributed by atoms with Gasteiger partial charge in [0.2, 0.25) is 5.91 Å². The van der Waals surface area contributed by atoms with Crippen LogP contribution in [-0.4, -0.2) is 75.5 Å². The number of fused-ring (bicyclic) bond motifs is 1. The zero-order valence-corrected chi connectivity index (χ0v) is 21.0. The van der Waals surface area contributed by atoms with E-state index in [4.69, 9.17) is 29.9 Å². The molecule has 4 rings (SSSR count). The summed E-state index contributed by atoms with van der Waals surface area (Å²) in [6, 6.07) is 5.74. The van der Waals surface area contributed by atoms with E-state index in [0.29, 0.717) is 37.6 Å². The molecule has 0 saturated carbocycles. The van der Waals surface area contributed by atoms with Crippen molar-refractivity contribution in [2.45, 2.75) is 45.1 Å². The number of anilines is 1. The van der Waals surface area contributed by atoms with E-state index in [1.165, 1.54) is 6.21 Å². The Kier molecular flexibility index (Phi) is 9.22. The number of aryl methyl sites for hydroxylation is 1. The molecular weight excluding hydrogens is 478 g/mol. The van der Waals surface area contributed by atoms with E-state index >= 15 is 0 Å². The highest BCUT2D eigenvalue weighted by Crippen LogP contribution is 2.30. The lowest BCUT2D eigenvalue weighted by Gasteiger charge is -2.28. The van der Waals surface area contributed by atoms with Crippen molar-refractivity contribution in [2.75, 3.05) is 38.3 Å². The third-order valence-electron chi connectivity index (χ3n) is 6.37. The number of nitrogens with one attached hydrogen (secondary N) is 1. The normalized spacial score (nSPS) is 13.9. The fourth-order valence-corrected chi connectivity index (χ4v) is 4.41. The molecule has 12 heteroatoms. The van der Waals surface area contributed by atoms with Crippen molar-refractivity contribution >= 4 is 29.1 Å². The number of carbonyl (C=O) groups is 1. The summed E-state index contributed by atoms with van der Waals surface area (Å²) in [4.78, 5) is 27.9. The van der Waals surface area contributed by atoms with Crippen molar-refractivity contribution in [3.8, 4) is 17.1 Å². The van der Waals surface area contributed by atoms with Gasteiger partial charge in [-0.15, -0.1) is 5.16 Å². The average Bonchev–Trinajstić information content (AvgIpc) is 3.36. The summed E-state index contributed by atoms with van der Waals surface area (Å²) in [7, 11) is 1.60. The molecule has 198 valence electrons. The molecule has 2 aromatic heterocycles. The second-order valence-corrected chi connectivity index (χ2v) is 8.81. The zero-order valence-electron chi connectivity index (χ0n) is 21.0. The highest BCUT2D eigenvalue weighted by Gasteiger charge is 2.21. The number of aromatic nitrogens is 4. The lowest BCUT2D eigenvalue weighted by molar-refractivity contribution is -0.129. The van der Waals surface area contributed by atoms with Crippen LogP contribution in [0.2, 0.25) is 0 Å². The van der Waals surface area contributed by atoms with E-state index in [2.05, 4.69) is 15.0 Å². The Hall–Kier alpha value is -3.77. The van der Waals surface area contributed by atoms with Gasteiger partial charge in [-0.05, 0) is 31.0 Å². The Bertz CT molecular complexity index is 1220. The largest absolute Gasteiger partial charge is 0.496 e. The Labute approximate surface area is 214 Å². The molecule has 0 spiro atoms. The van der Waals surface area contributed by atoms with Crippen LogP contribution in [0.15, 0.2) is 29.7 Å². The number of unbranched alkanes of at least 4 members (excludes halogenated alkanes) is 3. The molecule has 3 heterocycles. The number of ether oxygens (including phenoxy) is 2. The van der Waals surface area contributed by atoms with Crippen LogP contribution < -0.4 is 15.1 Å². The molecule has 1 aliphatic rings. The maximum atomic E-state index is 11.2. The number of imidazole rings is 1. The summed E-state index contributed by atoms with van der Waals surface area (Å²) >= 11 is 0. The maximum absolute atomic E-state index is 11.2. The average molecular weight is 512 g/mol. The van der Waals surface area contributed by atoms with Gasteiger partial charge in [-0.25, -0.2) is 20.4 Å². The first-order chi connectivity index (χ1) is 18.1. The van der Waals surface area contributed by atoms with Crippen molar-refractivity contribution in [3.63, 3.8) is 0 Å². The summed E-state index contributed by atoms with van der Waals surface area (Å²) in [5.74, 6) is 1.70. The predicted octanol–water partition coefficient (Wildman–Crippen LogP) is 2.80. The number of carbonyl (C=O) groups excluding carboxylic acids is 1. The maximum Gasteiger partial charge on any atom is 0.243 e. The first-order valence-electron chi connectivity index (χ1n) is 12.5. The Morgan fingerprint density at radius 2 is 2.03 bits per heavy atom. The topological polar surface area (TPSA) is 147 Å². The van der Waals surface area contributed by atoms with E-state index in [1.807, 2.05) is 29.1 Å². The number of hydrogen-bond acceptors (Lipinski definition) is 10. The van der Waals surface area contributed by atoms with E-state index in [9.17, 15) is 4.79 Å². The van der Waals surface area contributed by atoms with Crippen molar-refractivity contribution in [1.82, 2.24) is 25.0 Å². The van der Waals surface area contributed by atoms with Crippen molar-refractivity contribution in [3.05, 3.63) is 30.1 Å². The molecule has 0 bridgehead atoms. The third kappa shape index (κ3) is 6.52. The Morgan fingerprint density at radius 3 is 2.78 bits per heavy atom. The van der Waals surface area contributed by atoms with Crippen LogP contribution in [0, 0.1) is 0 Å². The molecule has 0 radical (unpaired) electrons. The number of methoxy groups -OCH3 is 1. The molecule has 1 saturated heterocycles. The summed E-state index contributed by atoms with van der Waals surface area (Å²) < 4.78 is 13.1. The third-order valence-corrected chi connectivity index (χ3v) is 6.37. The Balaban J connectivity index is 1.62. The predicted molar refractivity (Wildman–Crippen MR) is 137 cm³/mol. The summed E-state index contributed by atoms with van der Waals surface area (Å²) in [5, 5.41) is 20.6. The van der Waals surface area contributed by atoms with Gasteiger partial charge in [0, 0.05) is 49.8 Å². The van der Waals surface area contributed by atoms with Gasteiger partial charge in [0.1, 0.15) is 5.75 Å². The van der Waals surface area contributed by atoms with Crippen LogP contribution in [0.5, 0.6) is 5.75 Å². The first-order valence-corrected chi connectivity index (χ1v) is 12.5. The fraction of sp³-hybridized carbons (Fsp3) is 0.480. The monoisotopic (exact) mass is 511 g/mol. The molecule has 3 N–H and O–H groups in total. The molecule has 3 aromatic rings. The molecule has 12 nitrogen and oxygen atoms in total. The van der Waals surface area contributed by atoms with Crippen molar-refractivity contribution in [2.24, 2.45) is 5.16 Å².